The fourth-order valence-electron chi connectivity index (χ4n) is 2.39. The van der Waals surface area contributed by atoms with Gasteiger partial charge in [-0.15, -0.1) is 0 Å². The van der Waals surface area contributed by atoms with Gasteiger partial charge in [-0.2, -0.15) is 5.10 Å². The van der Waals surface area contributed by atoms with Gasteiger partial charge >= 0.3 is 0 Å². The Balaban J connectivity index is 1.96. The standard InChI is InChI=1S/C15H25ClN4O/c1-3-8-19(4-2)9-7-17-14-13(16)10-18-20(15(14)21)11-12-5-6-12/h10,12,17H,3-9,11H2,1-2H3. The third-order valence-corrected chi connectivity index (χ3v) is 4.13. The molecule has 1 aliphatic rings. The normalized spacial score (nSPS) is 14.7. The average Bonchev–Trinajstić information content (AvgIpc) is 3.28. The van der Waals surface area contributed by atoms with Gasteiger partial charge in [0.05, 0.1) is 11.2 Å². The first-order chi connectivity index (χ1) is 10.2. The summed E-state index contributed by atoms with van der Waals surface area (Å²) in [4.78, 5) is 14.7. The topological polar surface area (TPSA) is 50.2 Å². The van der Waals surface area contributed by atoms with Crippen LogP contribution in [-0.4, -0.2) is 40.9 Å². The van der Waals surface area contributed by atoms with Crippen LogP contribution in [0.4, 0.5) is 5.69 Å². The van der Waals surface area contributed by atoms with Crippen LogP contribution in [0.25, 0.3) is 0 Å². The molecule has 118 valence electrons. The molecule has 0 aromatic carbocycles. The van der Waals surface area contributed by atoms with Gasteiger partial charge in [-0.25, -0.2) is 4.68 Å². The number of likely N-dealkylation sites (N-methyl/N-ethyl adjacent to an activating group) is 1. The molecule has 0 radical (unpaired) electrons. The van der Waals surface area contributed by atoms with Crippen molar-refractivity contribution in [2.45, 2.75) is 39.7 Å². The van der Waals surface area contributed by atoms with Gasteiger partial charge in [0.2, 0.25) is 0 Å². The second-order valence-corrected chi connectivity index (χ2v) is 6.07. The maximum Gasteiger partial charge on any atom is 0.291 e. The molecule has 21 heavy (non-hydrogen) atoms. The summed E-state index contributed by atoms with van der Waals surface area (Å²) in [6.07, 6.45) is 5.10. The molecule has 1 fully saturated rings. The van der Waals surface area contributed by atoms with Crippen LogP contribution in [0.3, 0.4) is 0 Å². The van der Waals surface area contributed by atoms with E-state index in [1.807, 2.05) is 0 Å². The van der Waals surface area contributed by atoms with Crippen molar-refractivity contribution in [2.75, 3.05) is 31.5 Å². The SMILES string of the molecule is CCCN(CC)CCNc1c(Cl)cnn(CC2CC2)c1=O. The lowest BCUT2D eigenvalue weighted by Gasteiger charge is -2.20. The minimum atomic E-state index is -0.104. The highest BCUT2D eigenvalue weighted by molar-refractivity contribution is 6.32. The van der Waals surface area contributed by atoms with Gasteiger partial charge in [-0.05, 0) is 38.3 Å². The van der Waals surface area contributed by atoms with E-state index in [1.54, 1.807) is 6.20 Å². The van der Waals surface area contributed by atoms with Crippen LogP contribution in [0.5, 0.6) is 0 Å². The maximum atomic E-state index is 12.4. The fourth-order valence-corrected chi connectivity index (χ4v) is 2.58. The van der Waals surface area contributed by atoms with Crippen LogP contribution in [0.15, 0.2) is 11.0 Å². The van der Waals surface area contributed by atoms with E-state index in [0.29, 0.717) is 23.2 Å². The zero-order chi connectivity index (χ0) is 15.2. The number of hydrogen-bond donors (Lipinski definition) is 1. The van der Waals surface area contributed by atoms with Crippen molar-refractivity contribution in [1.29, 1.82) is 0 Å². The number of nitrogens with one attached hydrogen (secondary N) is 1. The smallest absolute Gasteiger partial charge is 0.291 e. The largest absolute Gasteiger partial charge is 0.378 e. The van der Waals surface area contributed by atoms with Crippen LogP contribution in [0.1, 0.15) is 33.1 Å². The van der Waals surface area contributed by atoms with Crippen molar-refractivity contribution in [1.82, 2.24) is 14.7 Å². The Hall–Kier alpha value is -1.07. The number of halogens is 1. The molecule has 0 aliphatic heterocycles. The van der Waals surface area contributed by atoms with E-state index < -0.39 is 0 Å². The van der Waals surface area contributed by atoms with Crippen molar-refractivity contribution in [3.63, 3.8) is 0 Å². The van der Waals surface area contributed by atoms with Gasteiger partial charge in [-0.3, -0.25) is 4.79 Å². The predicted molar refractivity (Wildman–Crippen MR) is 87.1 cm³/mol. The van der Waals surface area contributed by atoms with Gasteiger partial charge in [0.25, 0.3) is 5.56 Å². The van der Waals surface area contributed by atoms with Gasteiger partial charge in [-0.1, -0.05) is 25.4 Å². The van der Waals surface area contributed by atoms with Crippen LogP contribution in [0, 0.1) is 5.92 Å². The van der Waals surface area contributed by atoms with Crippen molar-refractivity contribution in [2.24, 2.45) is 5.92 Å². The molecule has 0 atom stereocenters. The first-order valence-electron chi connectivity index (χ1n) is 7.87. The molecule has 0 spiro atoms. The zero-order valence-corrected chi connectivity index (χ0v) is 13.7. The highest BCUT2D eigenvalue weighted by Gasteiger charge is 2.23. The Morgan fingerprint density at radius 1 is 1.43 bits per heavy atom. The van der Waals surface area contributed by atoms with E-state index in [4.69, 9.17) is 11.6 Å². The van der Waals surface area contributed by atoms with E-state index in [2.05, 4.69) is 29.2 Å². The number of aromatic nitrogens is 2. The van der Waals surface area contributed by atoms with E-state index >= 15 is 0 Å². The van der Waals surface area contributed by atoms with Crippen LogP contribution < -0.4 is 10.9 Å². The molecule has 0 amide bonds. The Kier molecular flexibility index (Phi) is 6.06. The molecular formula is C15H25ClN4O. The molecule has 1 heterocycles. The molecule has 6 heteroatoms. The van der Waals surface area contributed by atoms with Gasteiger partial charge in [0.15, 0.2) is 0 Å². The predicted octanol–water partition coefficient (Wildman–Crippen LogP) is 2.45. The zero-order valence-electron chi connectivity index (χ0n) is 12.9. The lowest BCUT2D eigenvalue weighted by Crippen LogP contribution is -2.32. The number of rotatable bonds is 9. The maximum absolute atomic E-state index is 12.4. The van der Waals surface area contributed by atoms with Crippen LogP contribution >= 0.6 is 11.6 Å². The van der Waals surface area contributed by atoms with Crippen molar-refractivity contribution >= 4 is 17.3 Å². The Labute approximate surface area is 131 Å². The first kappa shape index (κ1) is 16.3. The molecule has 0 saturated heterocycles. The molecule has 1 aliphatic carbocycles. The summed E-state index contributed by atoms with van der Waals surface area (Å²) < 4.78 is 1.54. The molecule has 1 N–H and O–H groups in total. The summed E-state index contributed by atoms with van der Waals surface area (Å²) in [6, 6.07) is 0. The van der Waals surface area contributed by atoms with Crippen molar-refractivity contribution in [3.8, 4) is 0 Å². The first-order valence-corrected chi connectivity index (χ1v) is 8.25. The molecule has 1 aromatic rings. The monoisotopic (exact) mass is 312 g/mol. The van der Waals surface area contributed by atoms with Gasteiger partial charge in [0, 0.05) is 19.6 Å². The molecular weight excluding hydrogens is 288 g/mol. The van der Waals surface area contributed by atoms with Crippen molar-refractivity contribution < 1.29 is 0 Å². The summed E-state index contributed by atoms with van der Waals surface area (Å²) >= 11 is 6.11. The molecule has 1 aromatic heterocycles. The molecule has 0 bridgehead atoms. The Morgan fingerprint density at radius 3 is 2.81 bits per heavy atom. The summed E-state index contributed by atoms with van der Waals surface area (Å²) in [6.45, 7) is 8.76. The Morgan fingerprint density at radius 2 is 2.19 bits per heavy atom. The summed E-state index contributed by atoms with van der Waals surface area (Å²) in [5, 5.41) is 7.73. The third kappa shape index (κ3) is 4.71. The number of anilines is 1. The number of hydrogen-bond acceptors (Lipinski definition) is 4. The highest BCUT2D eigenvalue weighted by atomic mass is 35.5. The molecule has 1 saturated carbocycles. The van der Waals surface area contributed by atoms with E-state index in [0.717, 1.165) is 32.6 Å². The minimum Gasteiger partial charge on any atom is -0.378 e. The van der Waals surface area contributed by atoms with Crippen molar-refractivity contribution in [3.05, 3.63) is 21.6 Å². The summed E-state index contributed by atoms with van der Waals surface area (Å²) in [5.74, 6) is 0.615. The Bertz CT molecular complexity index is 513. The second kappa shape index (κ2) is 7.80. The summed E-state index contributed by atoms with van der Waals surface area (Å²) in [7, 11) is 0. The average molecular weight is 313 g/mol. The summed E-state index contributed by atoms with van der Waals surface area (Å²) in [5.41, 5.74) is 0.382. The highest BCUT2D eigenvalue weighted by Crippen LogP contribution is 2.30. The second-order valence-electron chi connectivity index (χ2n) is 5.66. The third-order valence-electron chi connectivity index (χ3n) is 3.84. The lowest BCUT2D eigenvalue weighted by molar-refractivity contribution is 0.300. The van der Waals surface area contributed by atoms with E-state index in [-0.39, 0.29) is 5.56 Å². The van der Waals surface area contributed by atoms with E-state index in [1.165, 1.54) is 17.5 Å². The molecule has 0 unspecified atom stereocenters. The lowest BCUT2D eigenvalue weighted by atomic mass is 10.3. The molecule has 2 rings (SSSR count). The van der Waals surface area contributed by atoms with Gasteiger partial charge < -0.3 is 10.2 Å². The minimum absolute atomic E-state index is 0.104. The van der Waals surface area contributed by atoms with Crippen LogP contribution in [-0.2, 0) is 6.54 Å². The number of nitrogens with zero attached hydrogens (tertiary/aromatic N) is 3. The van der Waals surface area contributed by atoms with Gasteiger partial charge in [0.1, 0.15) is 5.69 Å². The molecule has 5 nitrogen and oxygen atoms in total. The van der Waals surface area contributed by atoms with E-state index in [9.17, 15) is 4.79 Å². The fraction of sp³-hybridized carbons (Fsp3) is 0.733. The quantitative estimate of drug-likeness (QED) is 0.761. The van der Waals surface area contributed by atoms with Crippen LogP contribution in [0.2, 0.25) is 5.02 Å².